The van der Waals surface area contributed by atoms with Gasteiger partial charge in [-0.15, -0.1) is 0 Å². The molecule has 0 bridgehead atoms. The smallest absolute Gasteiger partial charge is 0.218 e. The second-order valence-corrected chi connectivity index (χ2v) is 9.23. The Balaban J connectivity index is 1.83. The molecule has 3 aromatic carbocycles. The van der Waals surface area contributed by atoms with Gasteiger partial charge in [0.15, 0.2) is 11.9 Å². The molecule has 0 saturated carbocycles. The van der Waals surface area contributed by atoms with Gasteiger partial charge in [-0.05, 0) is 56.3 Å². The van der Waals surface area contributed by atoms with Gasteiger partial charge in [0.2, 0.25) is 5.69 Å². The van der Waals surface area contributed by atoms with Gasteiger partial charge in [0, 0.05) is 23.3 Å². The number of sulfonamides is 1. The van der Waals surface area contributed by atoms with E-state index in [1.807, 2.05) is 97.4 Å². The van der Waals surface area contributed by atoms with E-state index in [2.05, 4.69) is 4.72 Å². The lowest BCUT2D eigenvalue weighted by molar-refractivity contribution is -0.567. The average molecular weight is 441 g/mol. The normalized spacial score (nSPS) is 11.9. The summed E-state index contributed by atoms with van der Waals surface area (Å²) in [6.45, 7) is 3.94. The summed E-state index contributed by atoms with van der Waals surface area (Å²) in [6, 6.07) is 30.5. The Morgan fingerprint density at radius 1 is 0.750 bits per heavy atom. The molecule has 0 N–H and O–H groups in total. The van der Waals surface area contributed by atoms with E-state index >= 15 is 0 Å². The highest BCUT2D eigenvalue weighted by atomic mass is 32.2. The van der Waals surface area contributed by atoms with Crippen molar-refractivity contribution >= 4 is 15.7 Å². The summed E-state index contributed by atoms with van der Waals surface area (Å²) < 4.78 is 31.8. The van der Waals surface area contributed by atoms with Gasteiger partial charge in [0.25, 0.3) is 0 Å². The SMILES string of the molecule is Cc1ccc(/C(=C/[N-]S(=O)(=O)c2ccc(C)cc2)[n+]2ccccc2-c2ccccc2)cc1. The van der Waals surface area contributed by atoms with Crippen molar-refractivity contribution in [1.29, 1.82) is 0 Å². The van der Waals surface area contributed by atoms with E-state index in [0.717, 1.165) is 27.9 Å². The van der Waals surface area contributed by atoms with Gasteiger partial charge in [0.1, 0.15) is 10.0 Å². The number of benzene rings is 3. The number of rotatable bonds is 6. The molecule has 0 atom stereocenters. The third-order valence-corrected chi connectivity index (χ3v) is 6.42. The van der Waals surface area contributed by atoms with Gasteiger partial charge in [-0.2, -0.15) is 4.57 Å². The fraction of sp³-hybridized carbons (Fsp3) is 0.0741. The van der Waals surface area contributed by atoms with Gasteiger partial charge in [-0.3, -0.25) is 0 Å². The second kappa shape index (κ2) is 9.20. The summed E-state index contributed by atoms with van der Waals surface area (Å²) in [7, 11) is -3.84. The van der Waals surface area contributed by atoms with Crippen LogP contribution in [-0.4, -0.2) is 8.42 Å². The first kappa shape index (κ1) is 21.5. The van der Waals surface area contributed by atoms with E-state index < -0.39 is 10.0 Å². The molecule has 0 aliphatic heterocycles. The Kier molecular flexibility index (Phi) is 6.19. The van der Waals surface area contributed by atoms with Crippen molar-refractivity contribution in [3.8, 4) is 11.3 Å². The molecule has 5 heteroatoms. The summed E-state index contributed by atoms with van der Waals surface area (Å²) in [5.41, 5.74) is 5.60. The molecule has 4 aromatic rings. The van der Waals surface area contributed by atoms with Crippen LogP contribution in [0.3, 0.4) is 0 Å². The highest BCUT2D eigenvalue weighted by molar-refractivity contribution is 7.94. The fourth-order valence-corrected chi connectivity index (χ4v) is 4.23. The Bertz CT molecular complexity index is 1340. The number of hydrogen-bond acceptors (Lipinski definition) is 2. The van der Waals surface area contributed by atoms with Gasteiger partial charge in [0.05, 0.1) is 4.90 Å². The Morgan fingerprint density at radius 2 is 1.34 bits per heavy atom. The molecule has 32 heavy (non-hydrogen) atoms. The van der Waals surface area contributed by atoms with Crippen LogP contribution in [0.2, 0.25) is 0 Å². The minimum Gasteiger partial charge on any atom is -0.574 e. The van der Waals surface area contributed by atoms with Crippen molar-refractivity contribution in [2.75, 3.05) is 0 Å². The van der Waals surface area contributed by atoms with Crippen LogP contribution in [0, 0.1) is 13.8 Å². The molecule has 0 radical (unpaired) electrons. The number of hydrogen-bond donors (Lipinski definition) is 0. The van der Waals surface area contributed by atoms with Crippen molar-refractivity contribution in [1.82, 2.24) is 0 Å². The van der Waals surface area contributed by atoms with Crippen LogP contribution >= 0.6 is 0 Å². The van der Waals surface area contributed by atoms with Gasteiger partial charge < -0.3 is 4.72 Å². The molecule has 0 spiro atoms. The minimum absolute atomic E-state index is 0.170. The molecule has 160 valence electrons. The average Bonchev–Trinajstić information content (AvgIpc) is 2.81. The van der Waals surface area contributed by atoms with Crippen molar-refractivity contribution in [2.45, 2.75) is 18.7 Å². The molecule has 0 fully saturated rings. The third kappa shape index (κ3) is 4.79. The van der Waals surface area contributed by atoms with Gasteiger partial charge >= 0.3 is 0 Å². The summed E-state index contributed by atoms with van der Waals surface area (Å²) >= 11 is 0. The molecule has 1 heterocycles. The van der Waals surface area contributed by atoms with E-state index in [9.17, 15) is 8.42 Å². The first-order valence-electron chi connectivity index (χ1n) is 10.3. The van der Waals surface area contributed by atoms with Crippen LogP contribution in [0.1, 0.15) is 16.7 Å². The molecule has 0 aliphatic carbocycles. The Hall–Kier alpha value is -3.70. The van der Waals surface area contributed by atoms with Crippen molar-refractivity contribution in [3.63, 3.8) is 0 Å². The van der Waals surface area contributed by atoms with Crippen LogP contribution in [-0.2, 0) is 10.0 Å². The fourth-order valence-electron chi connectivity index (χ4n) is 3.39. The molecule has 4 nitrogen and oxygen atoms in total. The quantitative estimate of drug-likeness (QED) is 0.352. The zero-order chi connectivity index (χ0) is 22.6. The number of aromatic nitrogens is 1. The van der Waals surface area contributed by atoms with Gasteiger partial charge in [-0.1, -0.05) is 59.8 Å². The standard InChI is InChI=1S/C27H24N2O2S/c1-21-11-15-24(16-12-21)27(20-28-32(30,31)25-17-13-22(2)14-18-25)29-19-7-6-10-26(29)23-8-4-3-5-9-23/h3-20H,1-2H3/b27-20-. The predicted molar refractivity (Wildman–Crippen MR) is 128 cm³/mol. The maximum absolute atomic E-state index is 12.9. The summed E-state index contributed by atoms with van der Waals surface area (Å²) in [6.07, 6.45) is 3.36. The molecule has 0 unspecified atom stereocenters. The molecule has 1 aromatic heterocycles. The monoisotopic (exact) mass is 440 g/mol. The number of pyridine rings is 1. The third-order valence-electron chi connectivity index (χ3n) is 5.17. The topological polar surface area (TPSA) is 52.1 Å². The van der Waals surface area contributed by atoms with Gasteiger partial charge in [-0.25, -0.2) is 8.42 Å². The van der Waals surface area contributed by atoms with Crippen molar-refractivity contribution < 1.29 is 13.0 Å². The lowest BCUT2D eigenvalue weighted by Gasteiger charge is -2.18. The second-order valence-electron chi connectivity index (χ2n) is 7.60. The zero-order valence-electron chi connectivity index (χ0n) is 18.0. The molecule has 4 rings (SSSR count). The maximum atomic E-state index is 12.9. The Morgan fingerprint density at radius 3 is 2.00 bits per heavy atom. The number of nitrogens with zero attached hydrogens (tertiary/aromatic N) is 2. The lowest BCUT2D eigenvalue weighted by atomic mass is 10.1. The van der Waals surface area contributed by atoms with Crippen LogP contribution in [0.25, 0.3) is 21.7 Å². The summed E-state index contributed by atoms with van der Waals surface area (Å²) in [5.74, 6) is 0. The molecular weight excluding hydrogens is 416 g/mol. The predicted octanol–water partition coefficient (Wildman–Crippen LogP) is 5.87. The maximum Gasteiger partial charge on any atom is 0.218 e. The van der Waals surface area contributed by atoms with E-state index in [1.165, 1.54) is 6.20 Å². The molecule has 0 saturated heterocycles. The van der Waals surface area contributed by atoms with E-state index in [4.69, 9.17) is 0 Å². The molecule has 0 aliphatic rings. The summed E-state index contributed by atoms with van der Waals surface area (Å²) in [4.78, 5) is 0.170. The highest BCUT2D eigenvalue weighted by Gasteiger charge is 2.18. The van der Waals surface area contributed by atoms with E-state index in [-0.39, 0.29) is 4.90 Å². The van der Waals surface area contributed by atoms with Crippen molar-refractivity contribution in [3.05, 3.63) is 131 Å². The van der Waals surface area contributed by atoms with Crippen LogP contribution < -0.4 is 4.57 Å². The first-order valence-corrected chi connectivity index (χ1v) is 11.8. The van der Waals surface area contributed by atoms with Crippen LogP contribution in [0.15, 0.2) is 114 Å². The van der Waals surface area contributed by atoms with Crippen molar-refractivity contribution in [2.24, 2.45) is 0 Å². The summed E-state index contributed by atoms with van der Waals surface area (Å²) in [5, 5.41) is 0. The minimum atomic E-state index is -3.84. The van der Waals surface area contributed by atoms with Crippen LogP contribution in [0.4, 0.5) is 0 Å². The first-order chi connectivity index (χ1) is 15.4. The van der Waals surface area contributed by atoms with Crippen LogP contribution in [0.5, 0.6) is 0 Å². The Labute approximate surface area is 189 Å². The molecular formula is C27H24N2O2S. The number of aryl methyl sites for hydroxylation is 2. The highest BCUT2D eigenvalue weighted by Crippen LogP contribution is 2.23. The van der Waals surface area contributed by atoms with E-state index in [1.54, 1.807) is 24.3 Å². The largest absolute Gasteiger partial charge is 0.574 e. The molecule has 0 amide bonds. The lowest BCUT2D eigenvalue weighted by Crippen LogP contribution is -2.35. The zero-order valence-corrected chi connectivity index (χ0v) is 18.8. The van der Waals surface area contributed by atoms with E-state index in [0.29, 0.717) is 5.70 Å².